The van der Waals surface area contributed by atoms with Crippen LogP contribution >= 0.6 is 0 Å². The Hall–Kier alpha value is -0.790. The standard InChI is InChI=1S/C13H24O2/c1-5-7-8-9-10-13(3,4)11(6-2)12(14)15/h6H,5,7-10H2,1-4H3,(H,14,15). The summed E-state index contributed by atoms with van der Waals surface area (Å²) >= 11 is 0. The molecule has 0 atom stereocenters. The second kappa shape index (κ2) is 6.65. The van der Waals surface area contributed by atoms with Gasteiger partial charge >= 0.3 is 5.97 Å². The SMILES string of the molecule is CC=C(C(=O)O)C(C)(C)CCCCCC. The van der Waals surface area contributed by atoms with Gasteiger partial charge < -0.3 is 5.11 Å². The topological polar surface area (TPSA) is 37.3 Å². The van der Waals surface area contributed by atoms with Crippen LogP contribution in [0.4, 0.5) is 0 Å². The summed E-state index contributed by atoms with van der Waals surface area (Å²) in [5, 5.41) is 9.04. The molecule has 0 bridgehead atoms. The van der Waals surface area contributed by atoms with Crippen molar-refractivity contribution in [3.8, 4) is 0 Å². The Morgan fingerprint density at radius 2 is 1.87 bits per heavy atom. The molecule has 0 amide bonds. The fourth-order valence-electron chi connectivity index (χ4n) is 1.93. The van der Waals surface area contributed by atoms with Crippen molar-refractivity contribution in [2.24, 2.45) is 5.41 Å². The third-order valence-electron chi connectivity index (χ3n) is 2.90. The monoisotopic (exact) mass is 212 g/mol. The molecule has 0 aromatic heterocycles. The molecule has 0 fully saturated rings. The van der Waals surface area contributed by atoms with Crippen molar-refractivity contribution in [1.29, 1.82) is 0 Å². The summed E-state index contributed by atoms with van der Waals surface area (Å²) in [5.41, 5.74) is 0.341. The molecule has 0 rings (SSSR count). The van der Waals surface area contributed by atoms with Gasteiger partial charge in [-0.1, -0.05) is 52.5 Å². The highest BCUT2D eigenvalue weighted by molar-refractivity contribution is 5.87. The van der Waals surface area contributed by atoms with Crippen molar-refractivity contribution in [1.82, 2.24) is 0 Å². The van der Waals surface area contributed by atoms with Crippen molar-refractivity contribution < 1.29 is 9.90 Å². The van der Waals surface area contributed by atoms with Crippen molar-refractivity contribution in [3.63, 3.8) is 0 Å². The van der Waals surface area contributed by atoms with Gasteiger partial charge in [-0.25, -0.2) is 4.79 Å². The van der Waals surface area contributed by atoms with Crippen LogP contribution in [0.3, 0.4) is 0 Å². The zero-order valence-electron chi connectivity index (χ0n) is 10.5. The van der Waals surface area contributed by atoms with Gasteiger partial charge in [-0.2, -0.15) is 0 Å². The maximum atomic E-state index is 11.0. The fourth-order valence-corrected chi connectivity index (χ4v) is 1.93. The number of unbranched alkanes of at least 4 members (excludes halogenated alkanes) is 3. The van der Waals surface area contributed by atoms with Crippen molar-refractivity contribution in [3.05, 3.63) is 11.6 Å². The van der Waals surface area contributed by atoms with Gasteiger partial charge in [0, 0.05) is 5.57 Å². The average molecular weight is 212 g/mol. The van der Waals surface area contributed by atoms with E-state index in [0.29, 0.717) is 5.57 Å². The van der Waals surface area contributed by atoms with Crippen LogP contribution in [0.2, 0.25) is 0 Å². The van der Waals surface area contributed by atoms with Gasteiger partial charge in [-0.15, -0.1) is 0 Å². The number of hydrogen-bond acceptors (Lipinski definition) is 1. The average Bonchev–Trinajstić information content (AvgIpc) is 2.12. The molecule has 0 aromatic carbocycles. The van der Waals surface area contributed by atoms with Crippen LogP contribution in [0.5, 0.6) is 0 Å². The molecule has 0 saturated heterocycles. The summed E-state index contributed by atoms with van der Waals surface area (Å²) in [6, 6.07) is 0. The number of carbonyl (C=O) groups is 1. The maximum absolute atomic E-state index is 11.0. The Kier molecular flexibility index (Phi) is 6.30. The van der Waals surface area contributed by atoms with E-state index in [1.54, 1.807) is 13.0 Å². The Labute approximate surface area is 93.4 Å². The smallest absolute Gasteiger partial charge is 0.331 e. The van der Waals surface area contributed by atoms with Crippen LogP contribution in [-0.2, 0) is 4.79 Å². The lowest BCUT2D eigenvalue weighted by molar-refractivity contribution is -0.133. The molecule has 0 heterocycles. The Morgan fingerprint density at radius 3 is 2.27 bits per heavy atom. The molecule has 0 aliphatic carbocycles. The van der Waals surface area contributed by atoms with E-state index in [-0.39, 0.29) is 5.41 Å². The second-order valence-electron chi connectivity index (χ2n) is 4.70. The molecule has 2 heteroatoms. The number of rotatable bonds is 7. The molecule has 0 radical (unpaired) electrons. The molecule has 0 saturated carbocycles. The number of carboxylic acid groups (broad SMARTS) is 1. The summed E-state index contributed by atoms with van der Waals surface area (Å²) in [6.07, 6.45) is 7.47. The van der Waals surface area contributed by atoms with Gasteiger partial charge in [0.2, 0.25) is 0 Å². The highest BCUT2D eigenvalue weighted by Crippen LogP contribution is 2.32. The Balaban J connectivity index is 4.21. The molecule has 0 unspecified atom stereocenters. The molecule has 0 aliphatic heterocycles. The van der Waals surface area contributed by atoms with Gasteiger partial charge in [-0.3, -0.25) is 0 Å². The minimum absolute atomic E-state index is 0.200. The largest absolute Gasteiger partial charge is 0.478 e. The summed E-state index contributed by atoms with van der Waals surface area (Å²) in [4.78, 5) is 11.0. The van der Waals surface area contributed by atoms with Gasteiger partial charge in [0.15, 0.2) is 0 Å². The molecular formula is C13H24O2. The second-order valence-corrected chi connectivity index (χ2v) is 4.70. The number of allylic oxidation sites excluding steroid dienone is 1. The van der Waals surface area contributed by atoms with E-state index in [0.717, 1.165) is 12.8 Å². The van der Waals surface area contributed by atoms with E-state index in [4.69, 9.17) is 5.11 Å². The number of carboxylic acids is 1. The van der Waals surface area contributed by atoms with Crippen molar-refractivity contribution in [2.75, 3.05) is 0 Å². The van der Waals surface area contributed by atoms with E-state index >= 15 is 0 Å². The Morgan fingerprint density at radius 1 is 1.27 bits per heavy atom. The molecule has 0 aromatic rings. The summed E-state index contributed by atoms with van der Waals surface area (Å²) in [5.74, 6) is -0.780. The van der Waals surface area contributed by atoms with Crippen LogP contribution in [-0.4, -0.2) is 11.1 Å². The fraction of sp³-hybridized carbons (Fsp3) is 0.769. The first-order chi connectivity index (χ1) is 6.95. The quantitative estimate of drug-likeness (QED) is 0.511. The zero-order valence-corrected chi connectivity index (χ0v) is 10.5. The molecule has 2 nitrogen and oxygen atoms in total. The summed E-state index contributed by atoms with van der Waals surface area (Å²) < 4.78 is 0. The van der Waals surface area contributed by atoms with E-state index in [1.165, 1.54) is 19.3 Å². The lowest BCUT2D eigenvalue weighted by Crippen LogP contribution is -2.21. The molecule has 88 valence electrons. The van der Waals surface area contributed by atoms with E-state index in [1.807, 2.05) is 13.8 Å². The lowest BCUT2D eigenvalue weighted by atomic mass is 9.79. The van der Waals surface area contributed by atoms with Gasteiger partial charge in [0.05, 0.1) is 0 Å². The third-order valence-corrected chi connectivity index (χ3v) is 2.90. The van der Waals surface area contributed by atoms with Crippen molar-refractivity contribution in [2.45, 2.75) is 59.8 Å². The molecule has 1 N–H and O–H groups in total. The maximum Gasteiger partial charge on any atom is 0.331 e. The zero-order chi connectivity index (χ0) is 11.9. The number of hydrogen-bond donors (Lipinski definition) is 1. The minimum atomic E-state index is -0.780. The molecule has 15 heavy (non-hydrogen) atoms. The number of aliphatic carboxylic acids is 1. The van der Waals surface area contributed by atoms with Crippen LogP contribution in [0, 0.1) is 5.41 Å². The highest BCUT2D eigenvalue weighted by atomic mass is 16.4. The van der Waals surface area contributed by atoms with Gasteiger partial charge in [0.25, 0.3) is 0 Å². The first-order valence-corrected chi connectivity index (χ1v) is 5.85. The lowest BCUT2D eigenvalue weighted by Gasteiger charge is -2.25. The van der Waals surface area contributed by atoms with Crippen LogP contribution < -0.4 is 0 Å². The Bertz CT molecular complexity index is 227. The van der Waals surface area contributed by atoms with Crippen LogP contribution in [0.15, 0.2) is 11.6 Å². The van der Waals surface area contributed by atoms with Crippen LogP contribution in [0.25, 0.3) is 0 Å². The third kappa shape index (κ3) is 5.01. The molecule has 0 aliphatic rings. The van der Waals surface area contributed by atoms with E-state index < -0.39 is 5.97 Å². The first kappa shape index (κ1) is 14.2. The van der Waals surface area contributed by atoms with E-state index in [2.05, 4.69) is 6.92 Å². The molecular weight excluding hydrogens is 188 g/mol. The normalized spacial score (nSPS) is 12.9. The first-order valence-electron chi connectivity index (χ1n) is 5.85. The summed E-state index contributed by atoms with van der Waals surface area (Å²) in [6.45, 7) is 8.02. The van der Waals surface area contributed by atoms with Gasteiger partial charge in [0.1, 0.15) is 0 Å². The minimum Gasteiger partial charge on any atom is -0.478 e. The summed E-state index contributed by atoms with van der Waals surface area (Å²) in [7, 11) is 0. The van der Waals surface area contributed by atoms with E-state index in [9.17, 15) is 4.79 Å². The molecule has 0 spiro atoms. The van der Waals surface area contributed by atoms with Crippen LogP contribution in [0.1, 0.15) is 59.8 Å². The predicted octanol–water partition coefficient (Wildman–Crippen LogP) is 4.01. The predicted molar refractivity (Wildman–Crippen MR) is 63.9 cm³/mol. The van der Waals surface area contributed by atoms with Gasteiger partial charge in [-0.05, 0) is 18.8 Å². The highest BCUT2D eigenvalue weighted by Gasteiger charge is 2.26. The van der Waals surface area contributed by atoms with Crippen molar-refractivity contribution >= 4 is 5.97 Å².